The predicted octanol–water partition coefficient (Wildman–Crippen LogP) is -0.589. The first-order chi connectivity index (χ1) is 11.0. The Morgan fingerprint density at radius 3 is 1.80 bits per heavy atom. The Hall–Kier alpha value is -0.360. The molecule has 0 aromatic heterocycles. The average molecular weight is 449 g/mol. The van der Waals surface area contributed by atoms with E-state index in [2.05, 4.69) is 15.6 Å². The number of hydrogen-bond donors (Lipinski definition) is 0. The van der Waals surface area contributed by atoms with E-state index in [1.54, 1.807) is 0 Å². The van der Waals surface area contributed by atoms with E-state index >= 15 is 0 Å². The molecule has 25 heavy (non-hydrogen) atoms. The third kappa shape index (κ3) is 14.5. The standard InChI is InChI=1S/C9H20O12S4/c1-9(2)19-25(16,17)21-24(14,15)18-7-5-4-6-8-23(12,13)20-22(3,10)11/h9H,4-8H2,1-3H3. The van der Waals surface area contributed by atoms with Gasteiger partial charge in [-0.3, -0.25) is 0 Å². The Morgan fingerprint density at radius 1 is 0.760 bits per heavy atom. The highest BCUT2D eigenvalue weighted by atomic mass is 32.3. The zero-order chi connectivity index (χ0) is 19.9. The second kappa shape index (κ2) is 9.54. The molecule has 0 unspecified atom stereocenters. The Labute approximate surface area is 148 Å². The van der Waals surface area contributed by atoms with E-state index in [1.165, 1.54) is 13.8 Å². The molecule has 0 aromatic carbocycles. The van der Waals surface area contributed by atoms with Gasteiger partial charge in [-0.05, 0) is 26.7 Å². The van der Waals surface area contributed by atoms with Gasteiger partial charge in [0.2, 0.25) is 0 Å². The Morgan fingerprint density at radius 2 is 1.32 bits per heavy atom. The second-order valence-electron chi connectivity index (χ2n) is 4.95. The van der Waals surface area contributed by atoms with Crippen LogP contribution in [0.2, 0.25) is 0 Å². The van der Waals surface area contributed by atoms with Crippen molar-refractivity contribution in [2.45, 2.75) is 39.2 Å². The molecule has 0 heterocycles. The summed E-state index contributed by atoms with van der Waals surface area (Å²) in [6.07, 6.45) is -0.118. The first kappa shape index (κ1) is 24.6. The topological polar surface area (TPSA) is 173 Å². The van der Waals surface area contributed by atoms with Gasteiger partial charge in [-0.15, -0.1) is 7.26 Å². The highest BCUT2D eigenvalue weighted by Crippen LogP contribution is 2.10. The van der Waals surface area contributed by atoms with Gasteiger partial charge in [0.1, 0.15) is 0 Å². The van der Waals surface area contributed by atoms with E-state index in [-0.39, 0.29) is 19.3 Å². The third-order valence-electron chi connectivity index (χ3n) is 1.97. The fourth-order valence-electron chi connectivity index (χ4n) is 1.31. The van der Waals surface area contributed by atoms with Crippen molar-refractivity contribution >= 4 is 41.0 Å². The molecule has 0 amide bonds. The van der Waals surface area contributed by atoms with Crippen LogP contribution in [0.3, 0.4) is 0 Å². The third-order valence-corrected chi connectivity index (χ3v) is 6.99. The Balaban J connectivity index is 4.21. The van der Waals surface area contributed by atoms with E-state index in [4.69, 9.17) is 0 Å². The van der Waals surface area contributed by atoms with Crippen molar-refractivity contribution in [3.05, 3.63) is 0 Å². The molecule has 0 aliphatic rings. The van der Waals surface area contributed by atoms with Crippen LogP contribution in [0, 0.1) is 0 Å². The van der Waals surface area contributed by atoms with Gasteiger partial charge in [-0.2, -0.15) is 33.7 Å². The SMILES string of the molecule is CC(C)OS(=O)(=O)OS(=O)(=O)OCCCCCS(=O)(=O)OS(C)(=O)=O. The highest BCUT2D eigenvalue weighted by molar-refractivity contribution is 7.99. The molecule has 0 saturated carbocycles. The largest absolute Gasteiger partial charge is 0.416 e. The van der Waals surface area contributed by atoms with Crippen LogP contribution in [0.15, 0.2) is 0 Å². The van der Waals surface area contributed by atoms with Gasteiger partial charge in [-0.25, -0.2) is 8.37 Å². The zero-order valence-electron chi connectivity index (χ0n) is 13.6. The molecule has 0 aliphatic carbocycles. The molecule has 152 valence electrons. The van der Waals surface area contributed by atoms with Gasteiger partial charge in [0.05, 0.1) is 24.7 Å². The van der Waals surface area contributed by atoms with Gasteiger partial charge in [0.25, 0.3) is 20.2 Å². The fourth-order valence-corrected chi connectivity index (χ4v) is 5.55. The molecule has 0 spiro atoms. The van der Waals surface area contributed by atoms with Crippen LogP contribution < -0.4 is 0 Å². The molecule has 0 bridgehead atoms. The molecule has 0 atom stereocenters. The predicted molar refractivity (Wildman–Crippen MR) is 84.7 cm³/mol. The van der Waals surface area contributed by atoms with E-state index in [0.29, 0.717) is 6.26 Å². The molecule has 12 nitrogen and oxygen atoms in total. The lowest BCUT2D eigenvalue weighted by Gasteiger charge is -2.08. The molecule has 0 aliphatic heterocycles. The Bertz CT molecular complexity index is 819. The number of hydrogen-bond acceptors (Lipinski definition) is 12. The normalized spacial score (nSPS) is 14.1. The quantitative estimate of drug-likeness (QED) is 0.328. The summed E-state index contributed by atoms with van der Waals surface area (Å²) in [6.45, 7) is 2.21. The highest BCUT2D eigenvalue weighted by Gasteiger charge is 2.26. The van der Waals surface area contributed by atoms with Crippen molar-refractivity contribution in [1.82, 2.24) is 0 Å². The van der Waals surface area contributed by atoms with Crippen molar-refractivity contribution in [2.24, 2.45) is 0 Å². The maximum atomic E-state index is 11.3. The molecule has 0 radical (unpaired) electrons. The second-order valence-corrected chi connectivity index (χ2v) is 11.0. The van der Waals surface area contributed by atoms with Crippen molar-refractivity contribution in [3.8, 4) is 0 Å². The van der Waals surface area contributed by atoms with Crippen molar-refractivity contribution < 1.29 is 49.3 Å². The zero-order valence-corrected chi connectivity index (χ0v) is 16.9. The minimum absolute atomic E-state index is 0.0298. The first-order valence-corrected chi connectivity index (χ1v) is 12.8. The van der Waals surface area contributed by atoms with Crippen LogP contribution in [-0.2, 0) is 56.7 Å². The van der Waals surface area contributed by atoms with E-state index in [9.17, 15) is 33.7 Å². The van der Waals surface area contributed by atoms with E-state index in [0.717, 1.165) is 0 Å². The van der Waals surface area contributed by atoms with Crippen LogP contribution >= 0.6 is 0 Å². The average Bonchev–Trinajstić information content (AvgIpc) is 2.26. The summed E-state index contributed by atoms with van der Waals surface area (Å²) >= 11 is 0. The monoisotopic (exact) mass is 448 g/mol. The van der Waals surface area contributed by atoms with Crippen LogP contribution in [0.25, 0.3) is 0 Å². The smallest absolute Gasteiger partial charge is 0.247 e. The van der Waals surface area contributed by atoms with E-state index < -0.39 is 59.5 Å². The van der Waals surface area contributed by atoms with Gasteiger partial charge in [-0.1, -0.05) is 6.42 Å². The molecule has 0 N–H and O–H groups in total. The Kier molecular flexibility index (Phi) is 9.40. The van der Waals surface area contributed by atoms with Crippen LogP contribution in [-0.4, -0.2) is 58.4 Å². The van der Waals surface area contributed by atoms with Crippen molar-refractivity contribution in [2.75, 3.05) is 18.6 Å². The van der Waals surface area contributed by atoms with Gasteiger partial charge in [0.15, 0.2) is 0 Å². The number of rotatable bonds is 13. The van der Waals surface area contributed by atoms with Crippen LogP contribution in [0.4, 0.5) is 0 Å². The molecule has 16 heteroatoms. The van der Waals surface area contributed by atoms with Crippen molar-refractivity contribution in [1.29, 1.82) is 0 Å². The maximum Gasteiger partial charge on any atom is 0.416 e. The lowest BCUT2D eigenvalue weighted by molar-refractivity contribution is 0.203. The summed E-state index contributed by atoms with van der Waals surface area (Å²) in [5.41, 5.74) is 0. The molecular weight excluding hydrogens is 428 g/mol. The summed E-state index contributed by atoms with van der Waals surface area (Å²) in [5.74, 6) is -0.597. The summed E-state index contributed by atoms with van der Waals surface area (Å²) in [4.78, 5) is 0. The van der Waals surface area contributed by atoms with Crippen molar-refractivity contribution in [3.63, 3.8) is 0 Å². The van der Waals surface area contributed by atoms with Gasteiger partial charge in [0, 0.05) is 0 Å². The molecule has 0 aromatic rings. The summed E-state index contributed by atoms with van der Waals surface area (Å²) < 4.78 is 105. The fraction of sp³-hybridized carbons (Fsp3) is 1.00. The minimum Gasteiger partial charge on any atom is -0.247 e. The lowest BCUT2D eigenvalue weighted by Crippen LogP contribution is -2.21. The van der Waals surface area contributed by atoms with E-state index in [1.807, 2.05) is 0 Å². The number of unbranched alkanes of at least 4 members (excludes halogenated alkanes) is 2. The molecule has 0 rings (SSSR count). The van der Waals surface area contributed by atoms with Crippen LogP contribution in [0.5, 0.6) is 0 Å². The lowest BCUT2D eigenvalue weighted by atomic mass is 10.3. The molecule has 0 saturated heterocycles. The summed E-state index contributed by atoms with van der Waals surface area (Å²) in [6, 6.07) is 0. The van der Waals surface area contributed by atoms with Crippen LogP contribution in [0.1, 0.15) is 33.1 Å². The minimum atomic E-state index is -4.86. The summed E-state index contributed by atoms with van der Waals surface area (Å²) in [7, 11) is -18.1. The maximum absolute atomic E-state index is 11.3. The first-order valence-electron chi connectivity index (χ1n) is 6.71. The van der Waals surface area contributed by atoms with Gasteiger partial charge < -0.3 is 0 Å². The van der Waals surface area contributed by atoms with Gasteiger partial charge >= 0.3 is 20.8 Å². The molecule has 0 fully saturated rings. The molecular formula is C9H20O12S4. The summed E-state index contributed by atoms with van der Waals surface area (Å²) in [5, 5.41) is 0.